The van der Waals surface area contributed by atoms with E-state index in [4.69, 9.17) is 0 Å². The molecule has 0 saturated heterocycles. The smallest absolute Gasteiger partial charge is 0.0546 e. The Balaban J connectivity index is 1.30. The van der Waals surface area contributed by atoms with Crippen LogP contribution in [0.3, 0.4) is 0 Å². The molecule has 0 aliphatic heterocycles. The third kappa shape index (κ3) is 5.45. The molecule has 0 fully saturated rings. The van der Waals surface area contributed by atoms with Gasteiger partial charge in [0.15, 0.2) is 0 Å². The monoisotopic (exact) mass is 724 g/mol. The number of fused-ring (bicyclic) bond motifs is 9. The van der Waals surface area contributed by atoms with Crippen molar-refractivity contribution in [3.63, 3.8) is 0 Å². The zero-order valence-corrected chi connectivity index (χ0v) is 31.2. The summed E-state index contributed by atoms with van der Waals surface area (Å²) in [6.45, 7) is 0. The minimum atomic E-state index is 1.05. The van der Waals surface area contributed by atoms with Gasteiger partial charge < -0.3 is 4.90 Å². The fourth-order valence-corrected chi connectivity index (χ4v) is 9.02. The maximum Gasteiger partial charge on any atom is 0.0546 e. The molecule has 0 bridgehead atoms. The fraction of sp³-hybridized carbons (Fsp3) is 0. The lowest BCUT2D eigenvalue weighted by atomic mass is 9.81. The lowest BCUT2D eigenvalue weighted by molar-refractivity contribution is 1.26. The van der Waals surface area contributed by atoms with Crippen molar-refractivity contribution < 1.29 is 0 Å². The van der Waals surface area contributed by atoms with Gasteiger partial charge in [-0.15, -0.1) is 0 Å². The van der Waals surface area contributed by atoms with Crippen molar-refractivity contribution in [2.24, 2.45) is 0 Å². The molecule has 10 aromatic carbocycles. The lowest BCUT2D eigenvalue weighted by Crippen LogP contribution is -2.11. The van der Waals surface area contributed by atoms with Gasteiger partial charge in [0, 0.05) is 29.2 Å². The van der Waals surface area contributed by atoms with Gasteiger partial charge in [0.25, 0.3) is 0 Å². The highest BCUT2D eigenvalue weighted by Gasteiger charge is 2.23. The SMILES string of the molecule is c1ccc(-c2cc(-c3ccccc3)c3c4ccccc4c4cc(N(c5ccncc5)c5cc6ccccc6c6ccccc56)ccc4c3c2-c2ccccc2)cc1. The van der Waals surface area contributed by atoms with Crippen LogP contribution in [0.1, 0.15) is 0 Å². The van der Waals surface area contributed by atoms with Crippen LogP contribution in [-0.2, 0) is 0 Å². The third-order valence-corrected chi connectivity index (χ3v) is 11.5. The van der Waals surface area contributed by atoms with E-state index in [2.05, 4.69) is 216 Å². The first kappa shape index (κ1) is 32.8. The van der Waals surface area contributed by atoms with Crippen LogP contribution in [-0.4, -0.2) is 4.98 Å². The Hall–Kier alpha value is -7.55. The van der Waals surface area contributed by atoms with Crippen molar-refractivity contribution in [3.05, 3.63) is 219 Å². The van der Waals surface area contributed by atoms with E-state index in [0.29, 0.717) is 0 Å². The molecule has 11 aromatic rings. The predicted octanol–water partition coefficient (Wildman–Crippen LogP) is 15.3. The van der Waals surface area contributed by atoms with Crippen molar-refractivity contribution >= 4 is 70.9 Å². The molecule has 57 heavy (non-hydrogen) atoms. The Kier molecular flexibility index (Phi) is 7.86. The maximum absolute atomic E-state index is 4.43. The minimum Gasteiger partial charge on any atom is -0.310 e. The average molecular weight is 725 g/mol. The summed E-state index contributed by atoms with van der Waals surface area (Å²) in [7, 11) is 0. The Morgan fingerprint density at radius 1 is 0.316 bits per heavy atom. The zero-order chi connectivity index (χ0) is 37.7. The topological polar surface area (TPSA) is 16.1 Å². The van der Waals surface area contributed by atoms with Crippen molar-refractivity contribution in [2.45, 2.75) is 0 Å². The van der Waals surface area contributed by atoms with Gasteiger partial charge in [0.05, 0.1) is 5.69 Å². The van der Waals surface area contributed by atoms with Crippen LogP contribution in [0.15, 0.2) is 219 Å². The van der Waals surface area contributed by atoms with E-state index in [1.54, 1.807) is 0 Å². The molecule has 1 heterocycles. The van der Waals surface area contributed by atoms with Gasteiger partial charge in [-0.2, -0.15) is 0 Å². The first-order valence-corrected chi connectivity index (χ1v) is 19.5. The van der Waals surface area contributed by atoms with E-state index >= 15 is 0 Å². The lowest BCUT2D eigenvalue weighted by Gasteiger charge is -2.28. The quantitative estimate of drug-likeness (QED) is 0.159. The summed E-state index contributed by atoms with van der Waals surface area (Å²) in [5.74, 6) is 0. The van der Waals surface area contributed by atoms with Crippen molar-refractivity contribution in [1.82, 2.24) is 4.98 Å². The highest BCUT2D eigenvalue weighted by atomic mass is 15.1. The van der Waals surface area contributed by atoms with Gasteiger partial charge in [-0.1, -0.05) is 170 Å². The number of benzene rings is 10. The minimum absolute atomic E-state index is 1.05. The molecule has 0 amide bonds. The summed E-state index contributed by atoms with van der Waals surface area (Å²) < 4.78 is 0. The number of hydrogen-bond acceptors (Lipinski definition) is 2. The van der Waals surface area contributed by atoms with Crippen LogP contribution in [0.25, 0.3) is 87.2 Å². The molecule has 266 valence electrons. The van der Waals surface area contributed by atoms with Crippen LogP contribution < -0.4 is 4.90 Å². The van der Waals surface area contributed by atoms with E-state index in [1.165, 1.54) is 87.2 Å². The number of aromatic nitrogens is 1. The van der Waals surface area contributed by atoms with Crippen LogP contribution in [0, 0.1) is 0 Å². The number of pyridine rings is 1. The summed E-state index contributed by atoms with van der Waals surface area (Å²) >= 11 is 0. The first-order valence-electron chi connectivity index (χ1n) is 19.5. The molecule has 2 nitrogen and oxygen atoms in total. The molecule has 0 atom stereocenters. The van der Waals surface area contributed by atoms with Crippen molar-refractivity contribution in [2.75, 3.05) is 4.90 Å². The van der Waals surface area contributed by atoms with Gasteiger partial charge in [0.2, 0.25) is 0 Å². The number of nitrogens with zero attached hydrogens (tertiary/aromatic N) is 2. The summed E-state index contributed by atoms with van der Waals surface area (Å²) in [6, 6.07) is 75.2. The normalized spacial score (nSPS) is 11.5. The van der Waals surface area contributed by atoms with Crippen LogP contribution in [0.5, 0.6) is 0 Å². The molecule has 0 N–H and O–H groups in total. The summed E-state index contributed by atoms with van der Waals surface area (Å²) in [6.07, 6.45) is 3.77. The predicted molar refractivity (Wildman–Crippen MR) is 243 cm³/mol. The van der Waals surface area contributed by atoms with E-state index < -0.39 is 0 Å². The second-order valence-electron chi connectivity index (χ2n) is 14.7. The van der Waals surface area contributed by atoms with Crippen LogP contribution >= 0.6 is 0 Å². The molecular formula is C55H36N2. The van der Waals surface area contributed by atoms with Crippen LogP contribution in [0.4, 0.5) is 17.1 Å². The Labute approximate surface area is 331 Å². The van der Waals surface area contributed by atoms with Gasteiger partial charge in [-0.25, -0.2) is 0 Å². The van der Waals surface area contributed by atoms with Crippen molar-refractivity contribution in [1.29, 1.82) is 0 Å². The summed E-state index contributed by atoms with van der Waals surface area (Å²) in [5.41, 5.74) is 10.5. The van der Waals surface area contributed by atoms with Crippen LogP contribution in [0.2, 0.25) is 0 Å². The summed E-state index contributed by atoms with van der Waals surface area (Å²) in [5, 5.41) is 12.3. The zero-order valence-electron chi connectivity index (χ0n) is 31.2. The average Bonchev–Trinajstić information content (AvgIpc) is 3.30. The Bertz CT molecular complexity index is 3270. The van der Waals surface area contributed by atoms with Crippen molar-refractivity contribution in [3.8, 4) is 33.4 Å². The van der Waals surface area contributed by atoms with Gasteiger partial charge in [-0.3, -0.25) is 4.98 Å². The Morgan fingerprint density at radius 2 is 0.842 bits per heavy atom. The maximum atomic E-state index is 4.43. The second kappa shape index (κ2) is 13.6. The molecule has 2 heteroatoms. The largest absolute Gasteiger partial charge is 0.310 e. The highest BCUT2D eigenvalue weighted by molar-refractivity contribution is 6.33. The number of rotatable bonds is 6. The van der Waals surface area contributed by atoms with E-state index in [-0.39, 0.29) is 0 Å². The van der Waals surface area contributed by atoms with Gasteiger partial charge in [-0.05, 0) is 118 Å². The number of anilines is 3. The third-order valence-electron chi connectivity index (χ3n) is 11.5. The molecule has 1 aromatic heterocycles. The Morgan fingerprint density at radius 3 is 1.53 bits per heavy atom. The van der Waals surface area contributed by atoms with E-state index in [9.17, 15) is 0 Å². The van der Waals surface area contributed by atoms with Gasteiger partial charge in [0.1, 0.15) is 0 Å². The molecule has 0 radical (unpaired) electrons. The van der Waals surface area contributed by atoms with Gasteiger partial charge >= 0.3 is 0 Å². The fourth-order valence-electron chi connectivity index (χ4n) is 9.02. The molecular weight excluding hydrogens is 689 g/mol. The molecule has 0 aliphatic carbocycles. The highest BCUT2D eigenvalue weighted by Crippen LogP contribution is 2.50. The first-order chi connectivity index (χ1) is 28.3. The number of hydrogen-bond donors (Lipinski definition) is 0. The van der Waals surface area contributed by atoms with E-state index in [1.807, 2.05) is 12.4 Å². The molecule has 0 unspecified atom stereocenters. The molecule has 0 spiro atoms. The molecule has 0 saturated carbocycles. The molecule has 0 aliphatic rings. The van der Waals surface area contributed by atoms with E-state index in [0.717, 1.165) is 17.1 Å². The second-order valence-corrected chi connectivity index (χ2v) is 14.7. The summed E-state index contributed by atoms with van der Waals surface area (Å²) in [4.78, 5) is 6.84. The molecule has 11 rings (SSSR count). The standard InChI is InChI=1S/C55H36N2/c1-4-16-37(17-5-1)49-36-50(38-18-6-2-7-19-38)54-47-27-15-13-25-45(47)51-35-42(28-29-48(51)55(54)53(49)39-20-8-3-9-21-39)57(41-30-32-56-33-31-41)52-34-40-22-10-11-23-43(40)44-24-12-14-26-46(44)52/h1-36H.